The van der Waals surface area contributed by atoms with Crippen LogP contribution in [-0.2, 0) is 42.0 Å². The number of carbonyl (C=O) groups is 3. The molecule has 1 heterocycles. The van der Waals surface area contributed by atoms with Crippen LogP contribution in [0.4, 0.5) is 5.69 Å². The van der Waals surface area contributed by atoms with Gasteiger partial charge in [-0.15, -0.1) is 0 Å². The number of esters is 1. The van der Waals surface area contributed by atoms with Crippen LogP contribution in [0.25, 0.3) is 0 Å². The highest BCUT2D eigenvalue weighted by atomic mass is 32.2. The quantitative estimate of drug-likeness (QED) is 0.482. The van der Waals surface area contributed by atoms with E-state index in [0.717, 1.165) is 5.56 Å². The molecule has 2 amide bonds. The molecule has 3 rings (SSSR count). The van der Waals surface area contributed by atoms with Gasteiger partial charge in [0.2, 0.25) is 21.8 Å². The fraction of sp³-hybridized carbons (Fsp3) is 0.318. The standard InChI is InChI=1S/C22H25N3O6S/c1-2-31-21(27)14-23-22(28)19(12-15-6-4-3-5-7-15)25-32(29,30)17-9-10-18-16(13-17)8-11-20(26)24-18/h3-7,9-10,13,19,25H,2,8,11-12,14H2,1H3,(H,23,28)(H,24,26)/t19-/m0/s1. The van der Waals surface area contributed by atoms with Crippen LogP contribution in [0.15, 0.2) is 53.4 Å². The SMILES string of the molecule is CCOC(=O)CNC(=O)[C@H](Cc1ccccc1)NS(=O)(=O)c1ccc2c(c1)CCC(=O)N2. The number of nitrogens with one attached hydrogen (secondary N) is 3. The fourth-order valence-electron chi connectivity index (χ4n) is 3.31. The number of rotatable bonds is 9. The Hall–Kier alpha value is -3.24. The van der Waals surface area contributed by atoms with E-state index in [9.17, 15) is 22.8 Å². The summed E-state index contributed by atoms with van der Waals surface area (Å²) >= 11 is 0. The van der Waals surface area contributed by atoms with Gasteiger partial charge in [0.05, 0.1) is 11.5 Å². The van der Waals surface area contributed by atoms with Crippen molar-refractivity contribution in [3.05, 3.63) is 59.7 Å². The van der Waals surface area contributed by atoms with Crippen molar-refractivity contribution in [1.29, 1.82) is 0 Å². The number of carbonyl (C=O) groups excluding carboxylic acids is 3. The van der Waals surface area contributed by atoms with Crippen LogP contribution < -0.4 is 15.4 Å². The monoisotopic (exact) mass is 459 g/mol. The Bertz CT molecular complexity index is 1100. The first-order valence-corrected chi connectivity index (χ1v) is 11.7. The molecule has 1 aliphatic rings. The summed E-state index contributed by atoms with van der Waals surface area (Å²) in [6, 6.07) is 12.2. The smallest absolute Gasteiger partial charge is 0.325 e. The van der Waals surface area contributed by atoms with Crippen LogP contribution in [0, 0.1) is 0 Å². The molecule has 1 aliphatic heterocycles. The predicted octanol–water partition coefficient (Wildman–Crippen LogP) is 1.14. The average molecular weight is 460 g/mol. The first-order valence-electron chi connectivity index (χ1n) is 10.2. The van der Waals surface area contributed by atoms with Crippen molar-refractivity contribution in [1.82, 2.24) is 10.0 Å². The Kier molecular flexibility index (Phi) is 7.60. The molecule has 0 saturated heterocycles. The van der Waals surface area contributed by atoms with E-state index in [0.29, 0.717) is 17.7 Å². The molecule has 1 atom stereocenters. The molecule has 32 heavy (non-hydrogen) atoms. The topological polar surface area (TPSA) is 131 Å². The molecule has 0 aromatic heterocycles. The number of fused-ring (bicyclic) bond motifs is 1. The summed E-state index contributed by atoms with van der Waals surface area (Å²) in [6.45, 7) is 1.46. The molecule has 0 radical (unpaired) electrons. The minimum absolute atomic E-state index is 0.0105. The second-order valence-corrected chi connectivity index (χ2v) is 8.97. The highest BCUT2D eigenvalue weighted by Gasteiger charge is 2.27. The molecule has 0 spiro atoms. The maximum atomic E-state index is 13.1. The normalized spacial score (nSPS) is 14.1. The lowest BCUT2D eigenvalue weighted by Crippen LogP contribution is -2.49. The molecule has 170 valence electrons. The second kappa shape index (κ2) is 10.4. The molecule has 2 aromatic rings. The Morgan fingerprint density at radius 2 is 1.88 bits per heavy atom. The predicted molar refractivity (Wildman–Crippen MR) is 117 cm³/mol. The van der Waals surface area contributed by atoms with E-state index < -0.39 is 27.9 Å². The maximum absolute atomic E-state index is 13.1. The number of benzene rings is 2. The summed E-state index contributed by atoms with van der Waals surface area (Å²) in [7, 11) is -4.06. The minimum Gasteiger partial charge on any atom is -0.465 e. The van der Waals surface area contributed by atoms with E-state index in [2.05, 4.69) is 15.4 Å². The van der Waals surface area contributed by atoms with Crippen molar-refractivity contribution in [2.45, 2.75) is 37.1 Å². The molecule has 0 aliphatic carbocycles. The number of aryl methyl sites for hydroxylation is 1. The molecule has 0 fully saturated rings. The van der Waals surface area contributed by atoms with Crippen LogP contribution in [-0.4, -0.2) is 45.4 Å². The van der Waals surface area contributed by atoms with Crippen molar-refractivity contribution >= 4 is 33.5 Å². The lowest BCUT2D eigenvalue weighted by Gasteiger charge is -2.20. The number of amides is 2. The molecule has 0 unspecified atom stereocenters. The molecule has 2 aromatic carbocycles. The first kappa shape index (κ1) is 23.4. The van der Waals surface area contributed by atoms with Gasteiger partial charge in [-0.05, 0) is 49.1 Å². The first-order chi connectivity index (χ1) is 15.3. The summed E-state index contributed by atoms with van der Waals surface area (Å²) in [5.74, 6) is -1.37. The summed E-state index contributed by atoms with van der Waals surface area (Å²) in [6.07, 6.45) is 0.796. The third-order valence-electron chi connectivity index (χ3n) is 4.89. The van der Waals surface area contributed by atoms with Gasteiger partial charge in [-0.1, -0.05) is 30.3 Å². The van der Waals surface area contributed by atoms with Gasteiger partial charge in [-0.25, -0.2) is 8.42 Å². The van der Waals surface area contributed by atoms with E-state index >= 15 is 0 Å². The van der Waals surface area contributed by atoms with E-state index in [1.807, 2.05) is 6.07 Å². The average Bonchev–Trinajstić information content (AvgIpc) is 2.77. The molecule has 3 N–H and O–H groups in total. The van der Waals surface area contributed by atoms with Gasteiger partial charge in [0.15, 0.2) is 0 Å². The second-order valence-electron chi connectivity index (χ2n) is 7.25. The van der Waals surface area contributed by atoms with Crippen LogP contribution in [0.1, 0.15) is 24.5 Å². The number of sulfonamides is 1. The largest absolute Gasteiger partial charge is 0.465 e. The van der Waals surface area contributed by atoms with Crippen molar-refractivity contribution < 1.29 is 27.5 Å². The Morgan fingerprint density at radius 3 is 2.59 bits per heavy atom. The lowest BCUT2D eigenvalue weighted by atomic mass is 10.0. The van der Waals surface area contributed by atoms with E-state index in [4.69, 9.17) is 4.74 Å². The van der Waals surface area contributed by atoms with Crippen molar-refractivity contribution in [3.8, 4) is 0 Å². The molecule has 0 saturated carbocycles. The van der Waals surface area contributed by atoms with Gasteiger partial charge in [0, 0.05) is 12.1 Å². The van der Waals surface area contributed by atoms with Gasteiger partial charge in [0.25, 0.3) is 0 Å². The zero-order chi connectivity index (χ0) is 23.1. The Morgan fingerprint density at radius 1 is 1.12 bits per heavy atom. The number of anilines is 1. The van der Waals surface area contributed by atoms with Crippen LogP contribution in [0.3, 0.4) is 0 Å². The van der Waals surface area contributed by atoms with Gasteiger partial charge in [-0.2, -0.15) is 4.72 Å². The Balaban J connectivity index is 1.80. The third-order valence-corrected chi connectivity index (χ3v) is 6.36. The van der Waals surface area contributed by atoms with Crippen molar-refractivity contribution in [2.24, 2.45) is 0 Å². The summed E-state index contributed by atoms with van der Waals surface area (Å²) in [5.41, 5.74) is 2.03. The molecule has 9 nitrogen and oxygen atoms in total. The molecular formula is C22H25N3O6S. The van der Waals surface area contributed by atoms with Gasteiger partial charge < -0.3 is 15.4 Å². The molecule has 10 heteroatoms. The van der Waals surface area contributed by atoms with E-state index in [1.54, 1.807) is 31.2 Å². The van der Waals surface area contributed by atoms with Crippen LogP contribution in [0.2, 0.25) is 0 Å². The highest BCUT2D eigenvalue weighted by molar-refractivity contribution is 7.89. The molecular weight excluding hydrogens is 434 g/mol. The van der Waals surface area contributed by atoms with Gasteiger partial charge in [-0.3, -0.25) is 14.4 Å². The van der Waals surface area contributed by atoms with E-state index in [1.165, 1.54) is 18.2 Å². The summed E-state index contributed by atoms with van der Waals surface area (Å²) in [5, 5.41) is 5.13. The highest BCUT2D eigenvalue weighted by Crippen LogP contribution is 2.25. The molecule has 0 bridgehead atoms. The third kappa shape index (κ3) is 6.14. The number of ether oxygens (including phenoxy) is 1. The number of hydrogen-bond donors (Lipinski definition) is 3. The van der Waals surface area contributed by atoms with E-state index in [-0.39, 0.29) is 36.8 Å². The summed E-state index contributed by atoms with van der Waals surface area (Å²) in [4.78, 5) is 35.9. The van der Waals surface area contributed by atoms with Crippen molar-refractivity contribution in [2.75, 3.05) is 18.5 Å². The number of hydrogen-bond acceptors (Lipinski definition) is 6. The zero-order valence-corrected chi connectivity index (χ0v) is 18.4. The van der Waals surface area contributed by atoms with Crippen LogP contribution in [0.5, 0.6) is 0 Å². The zero-order valence-electron chi connectivity index (χ0n) is 17.6. The van der Waals surface area contributed by atoms with Crippen molar-refractivity contribution in [3.63, 3.8) is 0 Å². The lowest BCUT2D eigenvalue weighted by molar-refractivity contribution is -0.143. The Labute approximate surface area is 186 Å². The maximum Gasteiger partial charge on any atom is 0.325 e. The minimum atomic E-state index is -4.06. The fourth-order valence-corrected chi connectivity index (χ4v) is 4.56. The van der Waals surface area contributed by atoms with Gasteiger partial charge in [0.1, 0.15) is 12.6 Å². The summed E-state index contributed by atoms with van der Waals surface area (Å²) < 4.78 is 33.4. The van der Waals surface area contributed by atoms with Gasteiger partial charge >= 0.3 is 5.97 Å². The van der Waals surface area contributed by atoms with Crippen LogP contribution >= 0.6 is 0 Å².